The van der Waals surface area contributed by atoms with Crippen LogP contribution in [0.15, 0.2) is 47.8 Å². The maximum atomic E-state index is 4.96. The van der Waals surface area contributed by atoms with Gasteiger partial charge in [-0.2, -0.15) is 0 Å². The highest BCUT2D eigenvalue weighted by Crippen LogP contribution is 2.22. The molecule has 1 rings (SSSR count). The first-order valence-electron chi connectivity index (χ1n) is 6.22. The molecule has 0 unspecified atom stereocenters. The maximum absolute atomic E-state index is 4.96. The molecule has 0 aliphatic heterocycles. The van der Waals surface area contributed by atoms with E-state index in [1.165, 1.54) is 19.3 Å². The fourth-order valence-electron chi connectivity index (χ4n) is 1.17. The molecule has 0 aromatic rings. The zero-order chi connectivity index (χ0) is 12.8. The Hall–Kier alpha value is -1.26. The third-order valence-corrected chi connectivity index (χ3v) is 2.18. The summed E-state index contributed by atoms with van der Waals surface area (Å²) in [6, 6.07) is 0. The Balaban J connectivity index is 0.000000304. The molecule has 0 fully saturated rings. The van der Waals surface area contributed by atoms with Crippen LogP contribution >= 0.6 is 0 Å². The summed E-state index contributed by atoms with van der Waals surface area (Å²) in [5.74, 6) is 0. The van der Waals surface area contributed by atoms with Crippen LogP contribution in [-0.2, 0) is 0 Å². The second-order valence-corrected chi connectivity index (χ2v) is 3.74. The molecule has 1 aliphatic rings. The van der Waals surface area contributed by atoms with E-state index in [4.69, 9.17) is 6.58 Å². The molecule has 3 radical (unpaired) electrons. The van der Waals surface area contributed by atoms with Gasteiger partial charge in [0, 0.05) is 6.42 Å². The second-order valence-electron chi connectivity index (χ2n) is 3.74. The molecule has 17 heavy (non-hydrogen) atoms. The fraction of sp³-hybridized carbons (Fsp3) is 0.353. The molecular formula is C17H23. The molecule has 0 bridgehead atoms. The van der Waals surface area contributed by atoms with Gasteiger partial charge in [0.25, 0.3) is 0 Å². The molecule has 0 heterocycles. The lowest BCUT2D eigenvalue weighted by Gasteiger charge is -1.88. The smallest absolute Gasteiger partial charge is 0.00802 e. The van der Waals surface area contributed by atoms with Crippen LogP contribution in [0.2, 0.25) is 0 Å². The van der Waals surface area contributed by atoms with Crippen molar-refractivity contribution in [2.45, 2.75) is 39.0 Å². The van der Waals surface area contributed by atoms with Crippen LogP contribution in [0.5, 0.6) is 0 Å². The minimum Gasteiger partial charge on any atom is -0.124 e. The van der Waals surface area contributed by atoms with E-state index in [1.807, 2.05) is 12.2 Å². The van der Waals surface area contributed by atoms with Crippen LogP contribution in [0.3, 0.4) is 0 Å². The van der Waals surface area contributed by atoms with Crippen molar-refractivity contribution in [1.82, 2.24) is 0 Å². The molecule has 0 aromatic heterocycles. The summed E-state index contributed by atoms with van der Waals surface area (Å²) in [4.78, 5) is 0. The van der Waals surface area contributed by atoms with Gasteiger partial charge in [-0.15, -0.1) is 5.73 Å². The van der Waals surface area contributed by atoms with Crippen molar-refractivity contribution < 1.29 is 0 Å². The summed E-state index contributed by atoms with van der Waals surface area (Å²) in [5.41, 5.74) is 3.97. The van der Waals surface area contributed by atoms with Crippen molar-refractivity contribution in [2.24, 2.45) is 0 Å². The Labute approximate surface area is 107 Å². The highest BCUT2D eigenvalue weighted by atomic mass is 14.1. The predicted octanol–water partition coefficient (Wildman–Crippen LogP) is 5.18. The molecular weight excluding hydrogens is 204 g/mol. The Bertz CT molecular complexity index is 296. The first kappa shape index (κ1) is 15.7. The molecule has 0 saturated carbocycles. The maximum Gasteiger partial charge on any atom is 0.00802 e. The Morgan fingerprint density at radius 1 is 1.35 bits per heavy atom. The second kappa shape index (κ2) is 12.8. The highest BCUT2D eigenvalue weighted by Gasteiger charge is 2.04. The first-order valence-corrected chi connectivity index (χ1v) is 6.22. The van der Waals surface area contributed by atoms with Gasteiger partial charge in [0.05, 0.1) is 0 Å². The van der Waals surface area contributed by atoms with Gasteiger partial charge in [0.2, 0.25) is 0 Å². The van der Waals surface area contributed by atoms with Crippen LogP contribution in [0, 0.1) is 19.9 Å². The molecule has 0 amide bonds. The standard InChI is InChI=1S/C9H13.C8H10/c1-2-3-4-5-6-9-7-8-9;1-3-5-7-8-6-4-2/h2-3,7-8H,4-6H2,1H3;1,5-6,8H,2,4,7H2/b3-2-;8-6-. The largest absolute Gasteiger partial charge is 0.124 e. The molecule has 91 valence electrons. The minimum absolute atomic E-state index is 0.846. The summed E-state index contributed by atoms with van der Waals surface area (Å²) in [7, 11) is 0. The Morgan fingerprint density at radius 3 is 2.65 bits per heavy atom. The summed E-state index contributed by atoms with van der Waals surface area (Å²) >= 11 is 0. The predicted molar refractivity (Wildman–Crippen MR) is 77.2 cm³/mol. The van der Waals surface area contributed by atoms with Crippen molar-refractivity contribution in [3.05, 3.63) is 67.7 Å². The van der Waals surface area contributed by atoms with E-state index in [-0.39, 0.29) is 0 Å². The molecule has 0 aromatic carbocycles. The molecule has 0 spiro atoms. The minimum atomic E-state index is 0.846. The van der Waals surface area contributed by atoms with Crippen molar-refractivity contribution >= 4 is 0 Å². The van der Waals surface area contributed by atoms with E-state index in [0.717, 1.165) is 12.8 Å². The van der Waals surface area contributed by atoms with Crippen LogP contribution in [0.25, 0.3) is 0 Å². The fourth-order valence-corrected chi connectivity index (χ4v) is 1.17. The van der Waals surface area contributed by atoms with Gasteiger partial charge in [0.15, 0.2) is 0 Å². The van der Waals surface area contributed by atoms with Gasteiger partial charge in [-0.1, -0.05) is 36.0 Å². The van der Waals surface area contributed by atoms with Crippen LogP contribution < -0.4 is 0 Å². The van der Waals surface area contributed by atoms with Crippen molar-refractivity contribution in [1.29, 1.82) is 0 Å². The lowest BCUT2D eigenvalue weighted by Crippen LogP contribution is -1.69. The van der Waals surface area contributed by atoms with Crippen molar-refractivity contribution in [3.8, 4) is 0 Å². The lowest BCUT2D eigenvalue weighted by molar-refractivity contribution is 0.856. The molecule has 0 nitrogen and oxygen atoms in total. The van der Waals surface area contributed by atoms with Crippen LogP contribution in [-0.4, -0.2) is 0 Å². The topological polar surface area (TPSA) is 0 Å². The number of unbranched alkanes of at least 4 members (excludes halogenated alkanes) is 1. The molecule has 1 aliphatic carbocycles. The average molecular weight is 227 g/mol. The van der Waals surface area contributed by atoms with Crippen LogP contribution in [0.4, 0.5) is 0 Å². The zero-order valence-electron chi connectivity index (χ0n) is 10.9. The SMILES string of the molecule is C/C=C\CCCC1=C[CH]1.[CH]=C=CC/C=C\C[CH2]. The quantitative estimate of drug-likeness (QED) is 0.319. The highest BCUT2D eigenvalue weighted by molar-refractivity contribution is 5.38. The summed E-state index contributed by atoms with van der Waals surface area (Å²) in [6.45, 7) is 10.7. The first-order chi connectivity index (χ1) is 8.35. The van der Waals surface area contributed by atoms with Gasteiger partial charge < -0.3 is 0 Å². The number of hydrogen-bond donors (Lipinski definition) is 0. The van der Waals surface area contributed by atoms with Gasteiger partial charge in [-0.25, -0.2) is 0 Å². The summed E-state index contributed by atoms with van der Waals surface area (Å²) < 4.78 is 0. The number of allylic oxidation sites excluding steroid dienone is 7. The van der Waals surface area contributed by atoms with Crippen molar-refractivity contribution in [2.75, 3.05) is 0 Å². The van der Waals surface area contributed by atoms with Gasteiger partial charge in [-0.05, 0) is 58.6 Å². The monoisotopic (exact) mass is 227 g/mol. The van der Waals surface area contributed by atoms with Gasteiger partial charge in [-0.3, -0.25) is 0 Å². The average Bonchev–Trinajstić information content (AvgIpc) is 3.15. The van der Waals surface area contributed by atoms with E-state index in [2.05, 4.69) is 44.2 Å². The van der Waals surface area contributed by atoms with E-state index < -0.39 is 0 Å². The Morgan fingerprint density at radius 2 is 2.12 bits per heavy atom. The summed E-state index contributed by atoms with van der Waals surface area (Å²) in [5, 5.41) is 0. The number of hydrogen-bond acceptors (Lipinski definition) is 0. The Kier molecular flexibility index (Phi) is 11.9. The van der Waals surface area contributed by atoms with Crippen molar-refractivity contribution in [3.63, 3.8) is 0 Å². The third kappa shape index (κ3) is 14.7. The summed E-state index contributed by atoms with van der Waals surface area (Å²) in [6.07, 6.45) is 20.0. The van der Waals surface area contributed by atoms with Gasteiger partial charge >= 0.3 is 0 Å². The van der Waals surface area contributed by atoms with E-state index in [9.17, 15) is 0 Å². The van der Waals surface area contributed by atoms with Crippen LogP contribution in [0.1, 0.15) is 39.0 Å². The van der Waals surface area contributed by atoms with E-state index >= 15 is 0 Å². The normalized spacial score (nSPS) is 12.9. The lowest BCUT2D eigenvalue weighted by atomic mass is 10.2. The third-order valence-electron chi connectivity index (χ3n) is 2.18. The zero-order valence-corrected chi connectivity index (χ0v) is 10.9. The molecule has 0 N–H and O–H groups in total. The van der Waals surface area contributed by atoms with Gasteiger partial charge in [0.1, 0.15) is 0 Å². The van der Waals surface area contributed by atoms with E-state index in [1.54, 1.807) is 11.6 Å². The molecule has 0 atom stereocenters. The molecule has 0 heteroatoms. The molecule has 0 saturated heterocycles. The number of rotatable bonds is 7. The van der Waals surface area contributed by atoms with E-state index in [0.29, 0.717) is 0 Å².